The largest absolute Gasteiger partial charge is 0.352 e. The van der Waals surface area contributed by atoms with Crippen LogP contribution >= 0.6 is 0 Å². The SMILES string of the molecule is O=C(NCc1ccccc1)C1CCN(Cc2ccccn2)CC1. The lowest BCUT2D eigenvalue weighted by molar-refractivity contribution is -0.126. The van der Waals surface area contributed by atoms with Gasteiger partial charge in [-0.2, -0.15) is 0 Å². The summed E-state index contributed by atoms with van der Waals surface area (Å²) in [5.74, 6) is 0.324. The summed E-state index contributed by atoms with van der Waals surface area (Å²) in [7, 11) is 0. The maximum absolute atomic E-state index is 12.3. The van der Waals surface area contributed by atoms with Gasteiger partial charge in [-0.25, -0.2) is 0 Å². The highest BCUT2D eigenvalue weighted by atomic mass is 16.1. The Hall–Kier alpha value is -2.20. The summed E-state index contributed by atoms with van der Waals surface area (Å²) >= 11 is 0. The molecule has 3 rings (SSSR count). The maximum Gasteiger partial charge on any atom is 0.223 e. The predicted octanol–water partition coefficient (Wildman–Crippen LogP) is 2.61. The number of nitrogens with zero attached hydrogens (tertiary/aromatic N) is 2. The fraction of sp³-hybridized carbons (Fsp3) is 0.368. The lowest BCUT2D eigenvalue weighted by Gasteiger charge is -2.31. The van der Waals surface area contributed by atoms with Gasteiger partial charge in [-0.15, -0.1) is 0 Å². The highest BCUT2D eigenvalue weighted by molar-refractivity contribution is 5.78. The molecule has 0 unspecified atom stereocenters. The third-order valence-corrected chi connectivity index (χ3v) is 4.38. The quantitative estimate of drug-likeness (QED) is 0.923. The zero-order chi connectivity index (χ0) is 15.9. The van der Waals surface area contributed by atoms with Crippen molar-refractivity contribution in [2.24, 2.45) is 5.92 Å². The van der Waals surface area contributed by atoms with Gasteiger partial charge < -0.3 is 5.32 Å². The molecule has 0 bridgehead atoms. The van der Waals surface area contributed by atoms with E-state index in [9.17, 15) is 4.79 Å². The van der Waals surface area contributed by atoms with Crippen molar-refractivity contribution in [1.82, 2.24) is 15.2 Å². The van der Waals surface area contributed by atoms with E-state index in [-0.39, 0.29) is 11.8 Å². The second kappa shape index (κ2) is 7.88. The molecule has 23 heavy (non-hydrogen) atoms. The third-order valence-electron chi connectivity index (χ3n) is 4.38. The minimum absolute atomic E-state index is 0.138. The number of aromatic nitrogens is 1. The normalized spacial score (nSPS) is 16.2. The minimum atomic E-state index is 0.138. The number of nitrogens with one attached hydrogen (secondary N) is 1. The smallest absolute Gasteiger partial charge is 0.223 e. The number of rotatable bonds is 5. The van der Waals surface area contributed by atoms with E-state index >= 15 is 0 Å². The number of hydrogen-bond acceptors (Lipinski definition) is 3. The first-order chi connectivity index (χ1) is 11.3. The summed E-state index contributed by atoms with van der Waals surface area (Å²) < 4.78 is 0. The first-order valence-corrected chi connectivity index (χ1v) is 8.25. The van der Waals surface area contributed by atoms with Gasteiger partial charge >= 0.3 is 0 Å². The van der Waals surface area contributed by atoms with Gasteiger partial charge in [0, 0.05) is 25.2 Å². The minimum Gasteiger partial charge on any atom is -0.352 e. The van der Waals surface area contributed by atoms with Crippen molar-refractivity contribution in [3.8, 4) is 0 Å². The molecule has 2 heterocycles. The van der Waals surface area contributed by atoms with Crippen LogP contribution < -0.4 is 5.32 Å². The van der Waals surface area contributed by atoms with Crippen molar-refractivity contribution in [2.75, 3.05) is 13.1 Å². The first-order valence-electron chi connectivity index (χ1n) is 8.25. The Bertz CT molecular complexity index is 607. The number of likely N-dealkylation sites (tertiary alicyclic amines) is 1. The number of pyridine rings is 1. The molecule has 1 aliphatic heterocycles. The molecule has 0 aliphatic carbocycles. The van der Waals surface area contributed by atoms with Crippen molar-refractivity contribution in [3.05, 3.63) is 66.0 Å². The molecule has 1 fully saturated rings. The number of piperidine rings is 1. The molecule has 4 heteroatoms. The Morgan fingerprint density at radius 3 is 2.52 bits per heavy atom. The molecule has 1 aliphatic rings. The molecule has 1 amide bonds. The van der Waals surface area contributed by atoms with Crippen LogP contribution in [0.15, 0.2) is 54.7 Å². The van der Waals surface area contributed by atoms with Crippen LogP contribution in [0.25, 0.3) is 0 Å². The van der Waals surface area contributed by atoms with Crippen molar-refractivity contribution in [3.63, 3.8) is 0 Å². The monoisotopic (exact) mass is 309 g/mol. The summed E-state index contributed by atoms with van der Waals surface area (Å²) in [6.07, 6.45) is 3.68. The molecule has 4 nitrogen and oxygen atoms in total. The van der Waals surface area contributed by atoms with Crippen LogP contribution in [0.3, 0.4) is 0 Å². The maximum atomic E-state index is 12.3. The van der Waals surface area contributed by atoms with Crippen molar-refractivity contribution in [1.29, 1.82) is 0 Å². The van der Waals surface area contributed by atoms with Gasteiger partial charge in [-0.3, -0.25) is 14.7 Å². The van der Waals surface area contributed by atoms with Crippen molar-refractivity contribution < 1.29 is 4.79 Å². The molecule has 120 valence electrons. The summed E-state index contributed by atoms with van der Waals surface area (Å²) in [5, 5.41) is 3.06. The van der Waals surface area contributed by atoms with E-state index in [0.29, 0.717) is 6.54 Å². The molecular formula is C19H23N3O. The van der Waals surface area contributed by atoms with Gasteiger partial charge in [0.05, 0.1) is 5.69 Å². The van der Waals surface area contributed by atoms with Crippen LogP contribution in [-0.4, -0.2) is 28.9 Å². The van der Waals surface area contributed by atoms with Gasteiger partial charge in [0.25, 0.3) is 0 Å². The van der Waals surface area contributed by atoms with Crippen LogP contribution in [-0.2, 0) is 17.9 Å². The molecule has 1 saturated heterocycles. The predicted molar refractivity (Wildman–Crippen MR) is 90.5 cm³/mol. The van der Waals surface area contributed by atoms with E-state index in [0.717, 1.165) is 43.7 Å². The summed E-state index contributed by atoms with van der Waals surface area (Å²) in [6, 6.07) is 16.1. The Kier molecular flexibility index (Phi) is 5.37. The number of carbonyl (C=O) groups is 1. The van der Waals surface area contributed by atoms with Crippen LogP contribution in [0, 0.1) is 5.92 Å². The Balaban J connectivity index is 1.42. The molecule has 0 atom stereocenters. The third kappa shape index (κ3) is 4.63. The van der Waals surface area contributed by atoms with Gasteiger partial charge in [0.2, 0.25) is 5.91 Å². The average molecular weight is 309 g/mol. The Labute approximate surface area is 137 Å². The number of carbonyl (C=O) groups excluding carboxylic acids is 1. The van der Waals surface area contributed by atoms with Crippen molar-refractivity contribution >= 4 is 5.91 Å². The van der Waals surface area contributed by atoms with E-state index in [2.05, 4.69) is 21.3 Å². The van der Waals surface area contributed by atoms with Crippen LogP contribution in [0.2, 0.25) is 0 Å². The van der Waals surface area contributed by atoms with Crippen LogP contribution in [0.4, 0.5) is 0 Å². The lowest BCUT2D eigenvalue weighted by Crippen LogP contribution is -2.40. The standard InChI is InChI=1S/C19H23N3O/c23-19(21-14-16-6-2-1-3-7-16)17-9-12-22(13-10-17)15-18-8-4-5-11-20-18/h1-8,11,17H,9-10,12-15H2,(H,21,23). The summed E-state index contributed by atoms with van der Waals surface area (Å²) in [4.78, 5) is 19.0. The highest BCUT2D eigenvalue weighted by Gasteiger charge is 2.24. The number of hydrogen-bond donors (Lipinski definition) is 1. The molecule has 1 aromatic heterocycles. The highest BCUT2D eigenvalue weighted by Crippen LogP contribution is 2.19. The van der Waals surface area contributed by atoms with Gasteiger partial charge in [0.1, 0.15) is 0 Å². The van der Waals surface area contributed by atoms with Crippen LogP contribution in [0.1, 0.15) is 24.1 Å². The summed E-state index contributed by atoms with van der Waals surface area (Å²) in [5.41, 5.74) is 2.24. The molecule has 1 N–H and O–H groups in total. The van der Waals surface area contributed by atoms with Crippen molar-refractivity contribution in [2.45, 2.75) is 25.9 Å². The zero-order valence-corrected chi connectivity index (χ0v) is 13.3. The average Bonchev–Trinajstić information content (AvgIpc) is 2.62. The van der Waals surface area contributed by atoms with E-state index in [1.807, 2.05) is 48.7 Å². The second-order valence-electron chi connectivity index (χ2n) is 6.07. The molecule has 0 radical (unpaired) electrons. The number of amides is 1. The molecule has 0 saturated carbocycles. The van der Waals surface area contributed by atoms with E-state index in [4.69, 9.17) is 0 Å². The second-order valence-corrected chi connectivity index (χ2v) is 6.07. The Morgan fingerprint density at radius 1 is 1.09 bits per heavy atom. The lowest BCUT2D eigenvalue weighted by atomic mass is 9.95. The fourth-order valence-electron chi connectivity index (χ4n) is 3.00. The molecule has 1 aromatic carbocycles. The van der Waals surface area contributed by atoms with E-state index in [1.54, 1.807) is 0 Å². The van der Waals surface area contributed by atoms with Crippen LogP contribution in [0.5, 0.6) is 0 Å². The first kappa shape index (κ1) is 15.7. The summed E-state index contributed by atoms with van der Waals surface area (Å²) in [6.45, 7) is 3.41. The van der Waals surface area contributed by atoms with Gasteiger partial charge in [0.15, 0.2) is 0 Å². The van der Waals surface area contributed by atoms with E-state index in [1.165, 1.54) is 0 Å². The van der Waals surface area contributed by atoms with Gasteiger partial charge in [-0.1, -0.05) is 36.4 Å². The molecular weight excluding hydrogens is 286 g/mol. The fourth-order valence-corrected chi connectivity index (χ4v) is 3.00. The zero-order valence-electron chi connectivity index (χ0n) is 13.3. The number of benzene rings is 1. The molecule has 0 spiro atoms. The Morgan fingerprint density at radius 2 is 1.83 bits per heavy atom. The topological polar surface area (TPSA) is 45.2 Å². The van der Waals surface area contributed by atoms with Gasteiger partial charge in [-0.05, 0) is 43.6 Å². The molecule has 2 aromatic rings. The van der Waals surface area contributed by atoms with E-state index < -0.39 is 0 Å².